The Balaban J connectivity index is 1.74. The first-order chi connectivity index (χ1) is 11.0. The van der Waals surface area contributed by atoms with Crippen molar-refractivity contribution in [3.05, 3.63) is 39.5 Å². The molecule has 0 spiro atoms. The Morgan fingerprint density at radius 2 is 2.04 bits per heavy atom. The van der Waals surface area contributed by atoms with Crippen LogP contribution in [0.15, 0.2) is 23.2 Å². The average Bonchev–Trinajstić information content (AvgIpc) is 3.26. The standard InChI is InChI=1S/C15H14Cl3N5/c1-7(10-5-4-9(16)6-11(10)17)23-14-13(21-22-23)12(8-2-3-8)19-15(18)20-14/h4-8,12H,2-3H2,1H3,(H,19,20)/t7-,12?/m1/s1. The van der Waals surface area contributed by atoms with Crippen molar-refractivity contribution in [1.29, 1.82) is 0 Å². The first-order valence-corrected chi connectivity index (χ1v) is 8.58. The number of nitrogens with one attached hydrogen (secondary N) is 1. The van der Waals surface area contributed by atoms with Crippen LogP contribution in [-0.4, -0.2) is 20.3 Å². The summed E-state index contributed by atoms with van der Waals surface area (Å²) in [5, 5.41) is 13.3. The van der Waals surface area contributed by atoms with Gasteiger partial charge in [0.15, 0.2) is 11.1 Å². The third-order valence-corrected chi connectivity index (χ3v) is 5.08. The quantitative estimate of drug-likeness (QED) is 0.799. The van der Waals surface area contributed by atoms with Gasteiger partial charge >= 0.3 is 0 Å². The highest BCUT2D eigenvalue weighted by atomic mass is 35.5. The van der Waals surface area contributed by atoms with Gasteiger partial charge in [-0.3, -0.25) is 0 Å². The van der Waals surface area contributed by atoms with Gasteiger partial charge in [0.2, 0.25) is 0 Å². The van der Waals surface area contributed by atoms with E-state index < -0.39 is 0 Å². The van der Waals surface area contributed by atoms with Crippen LogP contribution < -0.4 is 5.32 Å². The van der Waals surface area contributed by atoms with Crippen LogP contribution in [0.4, 0.5) is 5.82 Å². The van der Waals surface area contributed by atoms with E-state index in [9.17, 15) is 0 Å². The minimum atomic E-state index is -0.106. The molecule has 0 radical (unpaired) electrons. The summed E-state index contributed by atoms with van der Waals surface area (Å²) in [7, 11) is 0. The predicted octanol–water partition coefficient (Wildman–Crippen LogP) is 4.67. The molecule has 23 heavy (non-hydrogen) atoms. The normalized spacial score (nSPS) is 21.4. The number of nitrogens with zero attached hydrogens (tertiary/aromatic N) is 4. The zero-order valence-corrected chi connectivity index (χ0v) is 14.6. The average molecular weight is 371 g/mol. The van der Waals surface area contributed by atoms with Crippen LogP contribution >= 0.6 is 34.8 Å². The number of fused-ring (bicyclic) bond motifs is 1. The summed E-state index contributed by atoms with van der Waals surface area (Å²) >= 11 is 18.5. The second kappa shape index (κ2) is 5.65. The molecular weight excluding hydrogens is 357 g/mol. The Morgan fingerprint density at radius 3 is 2.74 bits per heavy atom. The van der Waals surface area contributed by atoms with Gasteiger partial charge in [-0.25, -0.2) is 9.67 Å². The summed E-state index contributed by atoms with van der Waals surface area (Å²) in [6, 6.07) is 5.34. The molecule has 120 valence electrons. The Bertz CT molecular complexity index is 796. The first kappa shape index (κ1) is 15.2. The number of halogens is 3. The number of amidine groups is 1. The third kappa shape index (κ3) is 2.71. The van der Waals surface area contributed by atoms with Gasteiger partial charge in [0.25, 0.3) is 0 Å². The molecule has 0 amide bonds. The van der Waals surface area contributed by atoms with Crippen LogP contribution in [0.2, 0.25) is 10.0 Å². The Kier molecular flexibility index (Phi) is 3.75. The van der Waals surface area contributed by atoms with Gasteiger partial charge in [-0.15, -0.1) is 5.10 Å². The molecule has 1 aliphatic carbocycles. The molecule has 1 aromatic heterocycles. The molecule has 1 aromatic carbocycles. The number of aliphatic imine (C=N–C) groups is 1. The molecule has 1 N–H and O–H groups in total. The number of hydrogen-bond acceptors (Lipinski definition) is 4. The van der Waals surface area contributed by atoms with Crippen LogP contribution in [0.1, 0.15) is 43.1 Å². The molecule has 1 unspecified atom stereocenters. The zero-order valence-electron chi connectivity index (χ0n) is 12.3. The summed E-state index contributed by atoms with van der Waals surface area (Å²) in [5.41, 5.74) is 1.78. The summed E-state index contributed by atoms with van der Waals surface area (Å²) < 4.78 is 1.80. The van der Waals surface area contributed by atoms with Gasteiger partial charge in [0, 0.05) is 10.0 Å². The molecule has 2 atom stereocenters. The van der Waals surface area contributed by atoms with Crippen LogP contribution in [0.5, 0.6) is 0 Å². The van der Waals surface area contributed by atoms with Crippen molar-refractivity contribution < 1.29 is 0 Å². The lowest BCUT2D eigenvalue weighted by atomic mass is 10.1. The third-order valence-electron chi connectivity index (χ3n) is 4.32. The van der Waals surface area contributed by atoms with Crippen molar-refractivity contribution in [2.45, 2.75) is 31.8 Å². The number of rotatable bonds is 3. The molecule has 5 nitrogen and oxygen atoms in total. The van der Waals surface area contributed by atoms with E-state index in [2.05, 4.69) is 20.6 Å². The Labute approximate surface area is 148 Å². The van der Waals surface area contributed by atoms with Crippen molar-refractivity contribution >= 4 is 45.9 Å². The highest BCUT2D eigenvalue weighted by molar-refractivity contribution is 6.67. The van der Waals surface area contributed by atoms with Crippen molar-refractivity contribution in [1.82, 2.24) is 15.0 Å². The first-order valence-electron chi connectivity index (χ1n) is 7.45. The van der Waals surface area contributed by atoms with Gasteiger partial charge in [-0.05, 0) is 55.0 Å². The SMILES string of the molecule is C[C@H](c1ccc(Cl)cc1Cl)n1nnc2c1NC(Cl)=NC2C1CC1. The molecule has 2 heterocycles. The number of benzene rings is 1. The second-order valence-corrected chi connectivity index (χ2v) is 7.14. The van der Waals surface area contributed by atoms with E-state index in [1.165, 1.54) is 0 Å². The number of hydrogen-bond donors (Lipinski definition) is 1. The Morgan fingerprint density at radius 1 is 1.26 bits per heavy atom. The van der Waals surface area contributed by atoms with Crippen molar-refractivity contribution in [3.63, 3.8) is 0 Å². The summed E-state index contributed by atoms with van der Waals surface area (Å²) in [6.07, 6.45) is 2.31. The fourth-order valence-electron chi connectivity index (χ4n) is 2.92. The molecule has 0 saturated heterocycles. The van der Waals surface area contributed by atoms with Crippen molar-refractivity contribution in [2.75, 3.05) is 5.32 Å². The maximum atomic E-state index is 6.33. The minimum Gasteiger partial charge on any atom is -0.314 e. The molecule has 1 saturated carbocycles. The van der Waals surface area contributed by atoms with E-state index in [1.54, 1.807) is 10.7 Å². The number of anilines is 1. The zero-order chi connectivity index (χ0) is 16.1. The second-order valence-electron chi connectivity index (χ2n) is 5.94. The predicted molar refractivity (Wildman–Crippen MR) is 92.7 cm³/mol. The van der Waals surface area contributed by atoms with E-state index in [0.29, 0.717) is 21.3 Å². The van der Waals surface area contributed by atoms with E-state index in [1.807, 2.05) is 19.1 Å². The molecule has 1 aliphatic heterocycles. The van der Waals surface area contributed by atoms with Gasteiger partial charge in [0.05, 0.1) is 6.04 Å². The topological polar surface area (TPSA) is 55.1 Å². The molecule has 1 fully saturated rings. The fourth-order valence-corrected chi connectivity index (χ4v) is 3.68. The van der Waals surface area contributed by atoms with E-state index in [0.717, 1.165) is 29.9 Å². The smallest absolute Gasteiger partial charge is 0.197 e. The number of aromatic nitrogens is 3. The lowest BCUT2D eigenvalue weighted by Gasteiger charge is -2.21. The molecule has 2 aromatic rings. The summed E-state index contributed by atoms with van der Waals surface area (Å²) in [5.74, 6) is 1.31. The summed E-state index contributed by atoms with van der Waals surface area (Å²) in [6.45, 7) is 2.01. The minimum absolute atomic E-state index is 0.000361. The van der Waals surface area contributed by atoms with E-state index in [-0.39, 0.29) is 12.1 Å². The fraction of sp³-hybridized carbons (Fsp3) is 0.400. The highest BCUT2D eigenvalue weighted by Gasteiger charge is 2.39. The molecule has 8 heteroatoms. The molecule has 2 aliphatic rings. The lowest BCUT2D eigenvalue weighted by Crippen LogP contribution is -2.21. The molecule has 4 rings (SSSR count). The van der Waals surface area contributed by atoms with Crippen LogP contribution in [-0.2, 0) is 0 Å². The van der Waals surface area contributed by atoms with Crippen LogP contribution in [0, 0.1) is 5.92 Å². The van der Waals surface area contributed by atoms with E-state index >= 15 is 0 Å². The van der Waals surface area contributed by atoms with E-state index in [4.69, 9.17) is 34.8 Å². The highest BCUT2D eigenvalue weighted by Crippen LogP contribution is 2.47. The van der Waals surface area contributed by atoms with Gasteiger partial charge < -0.3 is 5.32 Å². The Hall–Kier alpha value is -1.30. The van der Waals surface area contributed by atoms with Gasteiger partial charge in [-0.2, -0.15) is 0 Å². The largest absolute Gasteiger partial charge is 0.314 e. The molecule has 0 bridgehead atoms. The monoisotopic (exact) mass is 369 g/mol. The molecular formula is C15H14Cl3N5. The lowest BCUT2D eigenvalue weighted by molar-refractivity contribution is 0.550. The van der Waals surface area contributed by atoms with Crippen molar-refractivity contribution in [3.8, 4) is 0 Å². The maximum Gasteiger partial charge on any atom is 0.197 e. The van der Waals surface area contributed by atoms with Crippen LogP contribution in [0.3, 0.4) is 0 Å². The van der Waals surface area contributed by atoms with Crippen LogP contribution in [0.25, 0.3) is 0 Å². The van der Waals surface area contributed by atoms with Crippen molar-refractivity contribution in [2.24, 2.45) is 10.9 Å². The summed E-state index contributed by atoms with van der Waals surface area (Å²) in [4.78, 5) is 4.47. The maximum absolute atomic E-state index is 6.33. The van der Waals surface area contributed by atoms with Gasteiger partial charge in [0.1, 0.15) is 11.7 Å². The van der Waals surface area contributed by atoms with Gasteiger partial charge in [-0.1, -0.05) is 34.5 Å².